The summed E-state index contributed by atoms with van der Waals surface area (Å²) in [5.41, 5.74) is 2.51. The van der Waals surface area contributed by atoms with E-state index in [1.54, 1.807) is 6.92 Å². The highest BCUT2D eigenvalue weighted by Gasteiger charge is 2.29. The molecule has 0 aliphatic rings. The fraction of sp³-hybridized carbons (Fsp3) is 0.407. The molecule has 0 bridgehead atoms. The van der Waals surface area contributed by atoms with Crippen LogP contribution in [0.4, 0.5) is 13.2 Å². The van der Waals surface area contributed by atoms with Gasteiger partial charge in [-0.25, -0.2) is 4.98 Å². The lowest BCUT2D eigenvalue weighted by Gasteiger charge is -2.17. The van der Waals surface area contributed by atoms with Gasteiger partial charge in [0, 0.05) is 29.5 Å². The minimum atomic E-state index is -4.38. The van der Waals surface area contributed by atoms with E-state index < -0.39 is 28.4 Å². The molecule has 200 valence electrons. The van der Waals surface area contributed by atoms with Gasteiger partial charge in [-0.15, -0.1) is 0 Å². The zero-order valence-electron chi connectivity index (χ0n) is 21.2. The van der Waals surface area contributed by atoms with Crippen LogP contribution in [0, 0.1) is 6.92 Å². The van der Waals surface area contributed by atoms with E-state index in [0.717, 1.165) is 37.3 Å². The molecule has 1 heterocycles. The summed E-state index contributed by atoms with van der Waals surface area (Å²) in [6, 6.07) is 12.8. The van der Waals surface area contributed by atoms with Crippen molar-refractivity contribution in [1.29, 1.82) is 0 Å². The monoisotopic (exact) mass is 535 g/mol. The Morgan fingerprint density at radius 3 is 2.24 bits per heavy atom. The van der Waals surface area contributed by atoms with Crippen molar-refractivity contribution < 1.29 is 26.6 Å². The molecule has 0 saturated heterocycles. The van der Waals surface area contributed by atoms with Crippen LogP contribution in [0.1, 0.15) is 42.0 Å². The molecule has 3 aromatic rings. The topological polar surface area (TPSA) is 75.4 Å². The predicted octanol–water partition coefficient (Wildman–Crippen LogP) is 5.12. The molecule has 0 spiro atoms. The first-order chi connectivity index (χ1) is 17.6. The molecule has 10 heteroatoms. The fourth-order valence-electron chi connectivity index (χ4n) is 3.75. The Kier molecular flexibility index (Phi) is 10.0. The Morgan fingerprint density at radius 2 is 1.65 bits per heavy atom. The van der Waals surface area contributed by atoms with Gasteiger partial charge in [0.05, 0.1) is 17.0 Å². The van der Waals surface area contributed by atoms with Gasteiger partial charge in [-0.1, -0.05) is 38.1 Å². The Labute approximate surface area is 217 Å². The maximum atomic E-state index is 12.6. The molecule has 0 saturated carbocycles. The third-order valence-electron chi connectivity index (χ3n) is 6.00. The van der Waals surface area contributed by atoms with Gasteiger partial charge >= 0.3 is 6.18 Å². The van der Waals surface area contributed by atoms with Crippen LogP contribution in [0.3, 0.4) is 0 Å². The number of rotatable bonds is 12. The highest BCUT2D eigenvalue weighted by atomic mass is 32.2. The summed E-state index contributed by atoms with van der Waals surface area (Å²) in [5.74, 6) is 0.490. The molecule has 0 fully saturated rings. The number of hydrogen-bond acceptors (Lipinski definition) is 5. The van der Waals surface area contributed by atoms with Crippen molar-refractivity contribution in [1.82, 2.24) is 15.2 Å². The average molecular weight is 536 g/mol. The van der Waals surface area contributed by atoms with Gasteiger partial charge in [0.1, 0.15) is 11.5 Å². The van der Waals surface area contributed by atoms with Crippen molar-refractivity contribution in [3.05, 3.63) is 76.7 Å². The van der Waals surface area contributed by atoms with Gasteiger partial charge < -0.3 is 9.73 Å². The summed E-state index contributed by atoms with van der Waals surface area (Å²) in [7, 11) is -1.49. The number of halogens is 3. The molecule has 6 nitrogen and oxygen atoms in total. The number of nitrogens with zero attached hydrogens (tertiary/aromatic N) is 2. The lowest BCUT2D eigenvalue weighted by molar-refractivity contribution is -0.137. The molecule has 1 aromatic heterocycles. The van der Waals surface area contributed by atoms with Crippen molar-refractivity contribution in [2.75, 3.05) is 25.4 Å². The molecule has 1 amide bonds. The first-order valence-electron chi connectivity index (χ1n) is 12.1. The minimum Gasteiger partial charge on any atom is -0.441 e. The third-order valence-corrected chi connectivity index (χ3v) is 7.18. The molecular weight excluding hydrogens is 503 g/mol. The lowest BCUT2D eigenvalue weighted by Crippen LogP contribution is -2.30. The highest BCUT2D eigenvalue weighted by Crippen LogP contribution is 2.29. The largest absolute Gasteiger partial charge is 0.441 e. The number of benzene rings is 2. The maximum absolute atomic E-state index is 12.6. The number of carbonyl (C=O) groups is 1. The summed E-state index contributed by atoms with van der Waals surface area (Å²) in [6.45, 7) is 9.08. The van der Waals surface area contributed by atoms with E-state index >= 15 is 0 Å². The van der Waals surface area contributed by atoms with E-state index in [1.165, 1.54) is 17.7 Å². The Hall–Kier alpha value is -2.98. The van der Waals surface area contributed by atoms with Gasteiger partial charge in [-0.05, 0) is 61.8 Å². The van der Waals surface area contributed by atoms with Gasteiger partial charge in [0.15, 0.2) is 0 Å². The number of aromatic nitrogens is 1. The Balaban J connectivity index is 1.48. The lowest BCUT2D eigenvalue weighted by atomic mass is 10.1. The number of nitrogens with one attached hydrogen (secondary N) is 1. The zero-order valence-corrected chi connectivity index (χ0v) is 22.0. The molecule has 1 N–H and O–H groups in total. The molecule has 0 aliphatic heterocycles. The van der Waals surface area contributed by atoms with Crippen molar-refractivity contribution >= 4 is 16.7 Å². The summed E-state index contributed by atoms with van der Waals surface area (Å²) < 4.78 is 56.3. The van der Waals surface area contributed by atoms with Crippen molar-refractivity contribution in [2.24, 2.45) is 0 Å². The molecule has 37 heavy (non-hydrogen) atoms. The second kappa shape index (κ2) is 13.0. The van der Waals surface area contributed by atoms with E-state index in [4.69, 9.17) is 4.42 Å². The van der Waals surface area contributed by atoms with Gasteiger partial charge in [-0.3, -0.25) is 13.9 Å². The van der Waals surface area contributed by atoms with Gasteiger partial charge in [0.25, 0.3) is 0 Å². The normalized spacial score (nSPS) is 12.6. The van der Waals surface area contributed by atoms with Gasteiger partial charge in [-0.2, -0.15) is 13.2 Å². The van der Waals surface area contributed by atoms with Crippen LogP contribution < -0.4 is 5.32 Å². The van der Waals surface area contributed by atoms with E-state index in [2.05, 4.69) is 29.0 Å². The summed E-state index contributed by atoms with van der Waals surface area (Å²) >= 11 is 0. The third kappa shape index (κ3) is 8.53. The van der Waals surface area contributed by atoms with Crippen LogP contribution in [0.2, 0.25) is 0 Å². The van der Waals surface area contributed by atoms with Crippen molar-refractivity contribution in [3.8, 4) is 11.5 Å². The molecule has 2 aromatic carbocycles. The SMILES string of the molecule is CCN(CC)Cc1ccc(-c2nc(CS(=O)CC(=O)NCCc3ccc(C(F)(F)F)cc3)c(C)o2)cc1. The van der Waals surface area contributed by atoms with Crippen LogP contribution in [-0.2, 0) is 40.5 Å². The van der Waals surface area contributed by atoms with E-state index in [-0.39, 0.29) is 18.1 Å². The average Bonchev–Trinajstić information content (AvgIpc) is 3.22. The number of aryl methyl sites for hydroxylation is 1. The van der Waals surface area contributed by atoms with Gasteiger partial charge in [0.2, 0.25) is 11.8 Å². The standard InChI is InChI=1S/C27H32F3N3O3S/c1-4-33(5-2)16-21-6-10-22(11-7-21)26-32-24(19(3)36-26)17-37(35)18-25(34)31-15-14-20-8-12-23(13-9-20)27(28,29)30/h6-13H,4-5,14-18H2,1-3H3,(H,31,34). The number of oxazole rings is 1. The molecular formula is C27H32F3N3O3S. The van der Waals surface area contributed by atoms with E-state index in [0.29, 0.717) is 29.3 Å². The second-order valence-electron chi connectivity index (χ2n) is 8.70. The van der Waals surface area contributed by atoms with E-state index in [1.807, 2.05) is 24.3 Å². The molecule has 1 unspecified atom stereocenters. The first kappa shape index (κ1) is 28.6. The van der Waals surface area contributed by atoms with Crippen molar-refractivity contribution in [3.63, 3.8) is 0 Å². The predicted molar refractivity (Wildman–Crippen MR) is 138 cm³/mol. The summed E-state index contributed by atoms with van der Waals surface area (Å²) in [4.78, 5) is 19.0. The summed E-state index contributed by atoms with van der Waals surface area (Å²) in [6.07, 6.45) is -4.01. The molecule has 1 atom stereocenters. The quantitative estimate of drug-likeness (QED) is 0.349. The van der Waals surface area contributed by atoms with Crippen LogP contribution in [0.15, 0.2) is 52.9 Å². The molecule has 0 aliphatic carbocycles. The zero-order chi connectivity index (χ0) is 27.0. The van der Waals surface area contributed by atoms with Crippen LogP contribution in [0.5, 0.6) is 0 Å². The highest BCUT2D eigenvalue weighted by molar-refractivity contribution is 7.84. The number of hydrogen-bond donors (Lipinski definition) is 1. The number of carbonyl (C=O) groups excluding carboxylic acids is 1. The fourth-order valence-corrected chi connectivity index (χ4v) is 4.82. The number of amides is 1. The minimum absolute atomic E-state index is 0.0850. The number of alkyl halides is 3. The van der Waals surface area contributed by atoms with Crippen LogP contribution >= 0.6 is 0 Å². The smallest absolute Gasteiger partial charge is 0.416 e. The summed E-state index contributed by atoms with van der Waals surface area (Å²) in [5, 5.41) is 2.66. The van der Waals surface area contributed by atoms with E-state index in [9.17, 15) is 22.2 Å². The second-order valence-corrected chi connectivity index (χ2v) is 10.2. The Bertz CT molecular complexity index is 1190. The maximum Gasteiger partial charge on any atom is 0.416 e. The molecule has 3 rings (SSSR count). The van der Waals surface area contributed by atoms with Crippen LogP contribution in [-0.4, -0.2) is 45.4 Å². The first-order valence-corrected chi connectivity index (χ1v) is 13.6. The Morgan fingerprint density at radius 1 is 1.03 bits per heavy atom. The van der Waals surface area contributed by atoms with Crippen LogP contribution in [0.25, 0.3) is 11.5 Å². The van der Waals surface area contributed by atoms with Crippen molar-refractivity contribution in [2.45, 2.75) is 45.7 Å². The molecule has 0 radical (unpaired) electrons.